The first-order chi connectivity index (χ1) is 7.24. The predicted octanol–water partition coefficient (Wildman–Crippen LogP) is 1.60. The molecular formula is C9H11BrN2O3. The molecule has 1 aromatic rings. The number of carbonyl (C=O) groups is 1. The molecule has 1 aromatic heterocycles. The van der Waals surface area contributed by atoms with E-state index in [-0.39, 0.29) is 0 Å². The van der Waals surface area contributed by atoms with Crippen molar-refractivity contribution in [2.45, 2.75) is 19.9 Å². The van der Waals surface area contributed by atoms with E-state index in [1.807, 2.05) is 0 Å². The molecule has 0 N–H and O–H groups in total. The average molecular weight is 275 g/mol. The maximum atomic E-state index is 11.6. The molecule has 0 fully saturated rings. The Morgan fingerprint density at radius 2 is 2.53 bits per heavy atom. The molecule has 15 heavy (non-hydrogen) atoms. The smallest absolute Gasteiger partial charge is 0.346 e. The van der Waals surface area contributed by atoms with Crippen LogP contribution in [0.2, 0.25) is 0 Å². The largest absolute Gasteiger partial charge is 0.477 e. The molecule has 0 unspecified atom stereocenters. The van der Waals surface area contributed by atoms with Crippen LogP contribution in [-0.2, 0) is 11.3 Å². The number of aryl methyl sites for hydroxylation is 1. The molecule has 0 atom stereocenters. The van der Waals surface area contributed by atoms with Gasteiger partial charge in [0.25, 0.3) is 0 Å². The number of esters is 1. The highest BCUT2D eigenvalue weighted by Crippen LogP contribution is 2.29. The third kappa shape index (κ3) is 1.86. The zero-order valence-electron chi connectivity index (χ0n) is 8.33. The van der Waals surface area contributed by atoms with Crippen LogP contribution in [0.15, 0.2) is 4.60 Å². The zero-order chi connectivity index (χ0) is 10.8. The summed E-state index contributed by atoms with van der Waals surface area (Å²) in [5, 5.41) is 4.16. The first-order valence-corrected chi connectivity index (χ1v) is 5.59. The van der Waals surface area contributed by atoms with Gasteiger partial charge in [0, 0.05) is 13.0 Å². The molecule has 0 radical (unpaired) electrons. The maximum Gasteiger partial charge on any atom is 0.346 e. The first kappa shape index (κ1) is 10.5. The van der Waals surface area contributed by atoms with Crippen LogP contribution >= 0.6 is 15.9 Å². The van der Waals surface area contributed by atoms with Crippen molar-refractivity contribution in [3.63, 3.8) is 0 Å². The minimum absolute atomic E-state index is 0.343. The number of fused-ring (bicyclic) bond motifs is 1. The molecule has 1 aliphatic rings. The standard InChI is InChI=1S/C9H11BrN2O3/c1-2-14-9(13)6-7(10)11-12-4-3-5-15-8(6)12/h2-5H2,1H3. The summed E-state index contributed by atoms with van der Waals surface area (Å²) in [6.07, 6.45) is 0.906. The van der Waals surface area contributed by atoms with Crippen LogP contribution in [-0.4, -0.2) is 29.0 Å². The van der Waals surface area contributed by atoms with Crippen molar-refractivity contribution in [2.24, 2.45) is 0 Å². The molecule has 5 nitrogen and oxygen atoms in total. The van der Waals surface area contributed by atoms with Gasteiger partial charge in [0.15, 0.2) is 5.56 Å². The summed E-state index contributed by atoms with van der Waals surface area (Å²) in [5.41, 5.74) is 0.386. The number of halogens is 1. The van der Waals surface area contributed by atoms with Crippen molar-refractivity contribution < 1.29 is 14.3 Å². The fourth-order valence-electron chi connectivity index (χ4n) is 1.47. The van der Waals surface area contributed by atoms with Gasteiger partial charge in [-0.15, -0.1) is 0 Å². The third-order valence-electron chi connectivity index (χ3n) is 2.10. The van der Waals surface area contributed by atoms with Gasteiger partial charge in [-0.25, -0.2) is 9.48 Å². The Morgan fingerprint density at radius 1 is 1.73 bits per heavy atom. The van der Waals surface area contributed by atoms with Crippen LogP contribution in [0.1, 0.15) is 23.7 Å². The van der Waals surface area contributed by atoms with Crippen molar-refractivity contribution in [2.75, 3.05) is 13.2 Å². The lowest BCUT2D eigenvalue weighted by Crippen LogP contribution is -2.16. The summed E-state index contributed by atoms with van der Waals surface area (Å²) < 4.78 is 12.5. The van der Waals surface area contributed by atoms with Gasteiger partial charge in [0.1, 0.15) is 4.60 Å². The Hall–Kier alpha value is -1.04. The summed E-state index contributed by atoms with van der Waals surface area (Å²) >= 11 is 3.24. The number of hydrogen-bond donors (Lipinski definition) is 0. The van der Waals surface area contributed by atoms with Gasteiger partial charge in [-0.2, -0.15) is 5.10 Å². The quantitative estimate of drug-likeness (QED) is 0.769. The lowest BCUT2D eigenvalue weighted by molar-refractivity contribution is 0.0518. The van der Waals surface area contributed by atoms with Crippen LogP contribution in [0.3, 0.4) is 0 Å². The van der Waals surface area contributed by atoms with E-state index in [1.165, 1.54) is 0 Å². The minimum Gasteiger partial charge on any atom is -0.477 e. The number of carbonyl (C=O) groups excluding carboxylic acids is 1. The number of rotatable bonds is 2. The number of aromatic nitrogens is 2. The molecule has 82 valence electrons. The van der Waals surface area contributed by atoms with Gasteiger partial charge in [0.05, 0.1) is 13.2 Å². The Morgan fingerprint density at radius 3 is 3.27 bits per heavy atom. The van der Waals surface area contributed by atoms with E-state index in [0.717, 1.165) is 13.0 Å². The molecule has 0 saturated carbocycles. The highest BCUT2D eigenvalue weighted by molar-refractivity contribution is 9.10. The Kier molecular flexibility index (Phi) is 2.95. The van der Waals surface area contributed by atoms with Crippen LogP contribution < -0.4 is 4.74 Å². The van der Waals surface area contributed by atoms with E-state index in [0.29, 0.717) is 29.3 Å². The van der Waals surface area contributed by atoms with E-state index in [4.69, 9.17) is 9.47 Å². The molecule has 0 spiro atoms. The van der Waals surface area contributed by atoms with Crippen molar-refractivity contribution in [1.29, 1.82) is 0 Å². The first-order valence-electron chi connectivity index (χ1n) is 4.80. The molecule has 0 aromatic carbocycles. The highest BCUT2D eigenvalue weighted by atomic mass is 79.9. The second-order valence-corrected chi connectivity index (χ2v) is 3.87. The summed E-state index contributed by atoms with van der Waals surface area (Å²) in [6, 6.07) is 0. The van der Waals surface area contributed by atoms with Gasteiger partial charge in [-0.05, 0) is 22.9 Å². The second kappa shape index (κ2) is 4.22. The Labute approximate surface area is 95.5 Å². The molecule has 0 amide bonds. The van der Waals surface area contributed by atoms with Crippen LogP contribution in [0, 0.1) is 0 Å². The number of nitrogens with zero attached hydrogens (tertiary/aromatic N) is 2. The van der Waals surface area contributed by atoms with Gasteiger partial charge < -0.3 is 9.47 Å². The monoisotopic (exact) mass is 274 g/mol. The van der Waals surface area contributed by atoms with Gasteiger partial charge >= 0.3 is 5.97 Å². The van der Waals surface area contributed by atoms with E-state index >= 15 is 0 Å². The second-order valence-electron chi connectivity index (χ2n) is 3.12. The van der Waals surface area contributed by atoms with E-state index < -0.39 is 5.97 Å². The highest BCUT2D eigenvalue weighted by Gasteiger charge is 2.26. The fraction of sp³-hybridized carbons (Fsp3) is 0.556. The minimum atomic E-state index is -0.396. The molecule has 0 bridgehead atoms. The molecule has 1 aliphatic heterocycles. The molecular weight excluding hydrogens is 264 g/mol. The van der Waals surface area contributed by atoms with E-state index in [2.05, 4.69) is 21.0 Å². The van der Waals surface area contributed by atoms with Gasteiger partial charge in [-0.1, -0.05) is 0 Å². The molecule has 2 heterocycles. The SMILES string of the molecule is CCOC(=O)c1c(Br)nn2c1OCCC2. The summed E-state index contributed by atoms with van der Waals surface area (Å²) in [5.74, 6) is 0.110. The van der Waals surface area contributed by atoms with Crippen molar-refractivity contribution in [1.82, 2.24) is 9.78 Å². The van der Waals surface area contributed by atoms with Gasteiger partial charge in [-0.3, -0.25) is 0 Å². The van der Waals surface area contributed by atoms with Crippen LogP contribution in [0.5, 0.6) is 5.88 Å². The van der Waals surface area contributed by atoms with Crippen molar-refractivity contribution in [3.8, 4) is 5.88 Å². The molecule has 0 aliphatic carbocycles. The summed E-state index contributed by atoms with van der Waals surface area (Å²) in [4.78, 5) is 11.6. The Bertz CT molecular complexity index is 389. The van der Waals surface area contributed by atoms with E-state index in [9.17, 15) is 4.79 Å². The van der Waals surface area contributed by atoms with E-state index in [1.54, 1.807) is 11.6 Å². The van der Waals surface area contributed by atoms with Crippen LogP contribution in [0.25, 0.3) is 0 Å². The lowest BCUT2D eigenvalue weighted by atomic mass is 10.3. The van der Waals surface area contributed by atoms with Crippen molar-refractivity contribution in [3.05, 3.63) is 10.2 Å². The third-order valence-corrected chi connectivity index (χ3v) is 2.65. The average Bonchev–Trinajstić information content (AvgIpc) is 2.54. The van der Waals surface area contributed by atoms with Gasteiger partial charge in [0.2, 0.25) is 5.88 Å². The lowest BCUT2D eigenvalue weighted by Gasteiger charge is -2.15. The maximum absolute atomic E-state index is 11.6. The topological polar surface area (TPSA) is 53.3 Å². The molecule has 6 heteroatoms. The number of hydrogen-bond acceptors (Lipinski definition) is 4. The fourth-order valence-corrected chi connectivity index (χ4v) is 2.00. The molecule has 0 saturated heterocycles. The zero-order valence-corrected chi connectivity index (χ0v) is 9.91. The number of ether oxygens (including phenoxy) is 2. The van der Waals surface area contributed by atoms with Crippen molar-refractivity contribution >= 4 is 21.9 Å². The predicted molar refractivity (Wildman–Crippen MR) is 56.0 cm³/mol. The molecule has 2 rings (SSSR count). The summed E-state index contributed by atoms with van der Waals surface area (Å²) in [7, 11) is 0. The normalized spacial score (nSPS) is 14.3. The van der Waals surface area contributed by atoms with Crippen LogP contribution in [0.4, 0.5) is 0 Å². The Balaban J connectivity index is 2.37. The summed E-state index contributed by atoms with van der Waals surface area (Å²) in [6.45, 7) is 3.50.